The predicted octanol–water partition coefficient (Wildman–Crippen LogP) is 4.22. The zero-order valence-electron chi connectivity index (χ0n) is 23.9. The van der Waals surface area contributed by atoms with Crippen molar-refractivity contribution in [1.29, 1.82) is 0 Å². The Morgan fingerprint density at radius 1 is 0.864 bits per heavy atom. The highest BCUT2D eigenvalue weighted by molar-refractivity contribution is 7.89. The summed E-state index contributed by atoms with van der Waals surface area (Å²) < 4.78 is 38.9. The number of rotatable bonds is 8. The van der Waals surface area contributed by atoms with Crippen molar-refractivity contribution in [2.75, 3.05) is 20.8 Å². The molecular weight excluding hydrogens is 584 g/mol. The maximum absolute atomic E-state index is 13.6. The molecule has 10 nitrogen and oxygen atoms in total. The van der Waals surface area contributed by atoms with Crippen molar-refractivity contribution in [3.05, 3.63) is 112 Å². The lowest BCUT2D eigenvalue weighted by atomic mass is 9.95. The van der Waals surface area contributed by atoms with Crippen LogP contribution in [0.1, 0.15) is 49.0 Å². The number of nitrogens with zero attached hydrogens (tertiary/aromatic N) is 1. The van der Waals surface area contributed by atoms with Crippen LogP contribution in [-0.2, 0) is 27.8 Å². The maximum atomic E-state index is 13.6. The highest BCUT2D eigenvalue weighted by Crippen LogP contribution is 2.39. The quantitative estimate of drug-likeness (QED) is 0.266. The van der Waals surface area contributed by atoms with Gasteiger partial charge in [0.2, 0.25) is 10.0 Å². The Labute approximate surface area is 253 Å². The normalized spacial score (nSPS) is 14.6. The van der Waals surface area contributed by atoms with E-state index in [-0.39, 0.29) is 35.1 Å². The fourth-order valence-corrected chi connectivity index (χ4v) is 7.26. The van der Waals surface area contributed by atoms with Crippen LogP contribution >= 0.6 is 0 Å². The van der Waals surface area contributed by atoms with Gasteiger partial charge in [-0.25, -0.2) is 13.2 Å². The lowest BCUT2D eigenvalue weighted by Crippen LogP contribution is -2.37. The summed E-state index contributed by atoms with van der Waals surface area (Å²) in [5.74, 6) is -1.44. The molecule has 1 atom stereocenters. The number of methoxy groups -OCH3 is 2. The minimum absolute atomic E-state index is 0.0191. The second kappa shape index (κ2) is 11.3. The zero-order chi connectivity index (χ0) is 31.2. The highest BCUT2D eigenvalue weighted by Gasteiger charge is 2.33. The first-order valence-electron chi connectivity index (χ1n) is 13.8. The standard InChI is InChI=1S/C33H28N2O8S/c1-42-27-13-12-22(17-28(27)43-2)44(40,41)35-15-14-19-10-11-20(16-21(19)18-35)30(33(38)39)34-32(37)26-9-5-8-25-29(26)23-6-3-4-7-24(23)31(25)36/h3-13,16-17,30H,14-15,18H2,1-2H3,(H,34,37)(H,38,39). The number of amides is 1. The molecule has 0 saturated carbocycles. The lowest BCUT2D eigenvalue weighted by Gasteiger charge is -2.29. The molecule has 4 aromatic carbocycles. The molecule has 0 radical (unpaired) electrons. The van der Waals surface area contributed by atoms with Crippen LogP contribution in [0, 0.1) is 0 Å². The van der Waals surface area contributed by atoms with Gasteiger partial charge >= 0.3 is 5.97 Å². The molecule has 1 heterocycles. The fraction of sp³-hybridized carbons (Fsp3) is 0.182. The molecule has 4 aromatic rings. The largest absolute Gasteiger partial charge is 0.493 e. The first kappa shape index (κ1) is 29.1. The van der Waals surface area contributed by atoms with E-state index in [2.05, 4.69) is 5.32 Å². The molecule has 2 aliphatic rings. The van der Waals surface area contributed by atoms with Crippen LogP contribution < -0.4 is 14.8 Å². The number of fused-ring (bicyclic) bond motifs is 4. The lowest BCUT2D eigenvalue weighted by molar-refractivity contribution is -0.139. The SMILES string of the molecule is COc1ccc(S(=O)(=O)N2CCc3ccc(C(NC(=O)c4cccc5c4-c4ccccc4C5=O)C(=O)O)cc3C2)cc1OC. The van der Waals surface area contributed by atoms with Gasteiger partial charge in [0.25, 0.3) is 5.91 Å². The van der Waals surface area contributed by atoms with E-state index in [0.29, 0.717) is 45.6 Å². The van der Waals surface area contributed by atoms with E-state index in [1.807, 2.05) is 0 Å². The molecule has 1 aliphatic carbocycles. The third kappa shape index (κ3) is 4.89. The Hall–Kier alpha value is -5.00. The Balaban J connectivity index is 1.28. The van der Waals surface area contributed by atoms with E-state index < -0.39 is 27.9 Å². The van der Waals surface area contributed by atoms with Crippen molar-refractivity contribution < 1.29 is 37.4 Å². The van der Waals surface area contributed by atoms with Gasteiger partial charge in [-0.05, 0) is 46.9 Å². The molecule has 6 rings (SSSR count). The average Bonchev–Trinajstić information content (AvgIpc) is 3.34. The molecule has 1 unspecified atom stereocenters. The van der Waals surface area contributed by atoms with Gasteiger partial charge in [-0.1, -0.05) is 54.6 Å². The van der Waals surface area contributed by atoms with E-state index in [1.54, 1.807) is 60.7 Å². The molecule has 0 bridgehead atoms. The number of hydrogen-bond acceptors (Lipinski definition) is 7. The van der Waals surface area contributed by atoms with Gasteiger partial charge in [0, 0.05) is 41.4 Å². The summed E-state index contributed by atoms with van der Waals surface area (Å²) in [6.07, 6.45) is 0.426. The molecular formula is C33H28N2O8S. The van der Waals surface area contributed by atoms with Crippen molar-refractivity contribution >= 4 is 27.7 Å². The van der Waals surface area contributed by atoms with E-state index in [9.17, 15) is 27.9 Å². The molecule has 224 valence electrons. The van der Waals surface area contributed by atoms with Crippen molar-refractivity contribution in [1.82, 2.24) is 9.62 Å². The number of benzene rings is 4. The van der Waals surface area contributed by atoms with Crippen molar-refractivity contribution in [2.24, 2.45) is 0 Å². The first-order chi connectivity index (χ1) is 21.1. The van der Waals surface area contributed by atoms with Gasteiger partial charge in [0.15, 0.2) is 23.3 Å². The molecule has 0 saturated heterocycles. The minimum Gasteiger partial charge on any atom is -0.493 e. The van der Waals surface area contributed by atoms with Crippen LogP contribution in [0.4, 0.5) is 0 Å². The molecule has 0 spiro atoms. The third-order valence-corrected chi connectivity index (χ3v) is 9.89. The number of carbonyl (C=O) groups is 3. The molecule has 0 fully saturated rings. The molecule has 44 heavy (non-hydrogen) atoms. The summed E-state index contributed by atoms with van der Waals surface area (Å²) in [5, 5.41) is 12.8. The third-order valence-electron chi connectivity index (χ3n) is 8.05. The summed E-state index contributed by atoms with van der Waals surface area (Å²) >= 11 is 0. The molecule has 1 amide bonds. The van der Waals surface area contributed by atoms with Crippen LogP contribution in [0.15, 0.2) is 83.8 Å². The van der Waals surface area contributed by atoms with Crippen molar-refractivity contribution in [3.8, 4) is 22.6 Å². The topological polar surface area (TPSA) is 139 Å². The number of hydrogen-bond donors (Lipinski definition) is 2. The molecule has 1 aliphatic heterocycles. The summed E-state index contributed by atoms with van der Waals surface area (Å²) in [5.41, 5.74) is 3.97. The predicted molar refractivity (Wildman–Crippen MR) is 160 cm³/mol. The fourth-order valence-electron chi connectivity index (χ4n) is 5.82. The van der Waals surface area contributed by atoms with Crippen molar-refractivity contribution in [3.63, 3.8) is 0 Å². The van der Waals surface area contributed by atoms with E-state index in [1.165, 1.54) is 36.7 Å². The van der Waals surface area contributed by atoms with Crippen LogP contribution in [0.3, 0.4) is 0 Å². The van der Waals surface area contributed by atoms with Gasteiger partial charge in [0.1, 0.15) is 0 Å². The number of ketones is 1. The van der Waals surface area contributed by atoms with Crippen LogP contribution in [0.5, 0.6) is 11.5 Å². The summed E-state index contributed by atoms with van der Waals surface area (Å²) in [7, 11) is -1.03. The summed E-state index contributed by atoms with van der Waals surface area (Å²) in [6, 6.07) is 19.8. The Kier molecular flexibility index (Phi) is 7.44. The second-order valence-electron chi connectivity index (χ2n) is 10.5. The number of aliphatic carboxylic acids is 1. The van der Waals surface area contributed by atoms with Gasteiger partial charge in [-0.15, -0.1) is 0 Å². The smallest absolute Gasteiger partial charge is 0.330 e. The first-order valence-corrected chi connectivity index (χ1v) is 15.2. The minimum atomic E-state index is -3.92. The van der Waals surface area contributed by atoms with E-state index in [0.717, 1.165) is 5.56 Å². The number of carbonyl (C=O) groups excluding carboxylic acids is 2. The van der Waals surface area contributed by atoms with Crippen molar-refractivity contribution in [2.45, 2.75) is 23.9 Å². The number of carboxylic acids is 1. The number of sulfonamides is 1. The number of carboxylic acid groups (broad SMARTS) is 1. The van der Waals surface area contributed by atoms with Crippen LogP contribution in [0.25, 0.3) is 11.1 Å². The summed E-state index contributed by atoms with van der Waals surface area (Å²) in [4.78, 5) is 38.9. The van der Waals surface area contributed by atoms with Gasteiger partial charge < -0.3 is 19.9 Å². The van der Waals surface area contributed by atoms with Crippen LogP contribution in [-0.4, -0.2) is 56.3 Å². The highest BCUT2D eigenvalue weighted by atomic mass is 32.2. The summed E-state index contributed by atoms with van der Waals surface area (Å²) in [6.45, 7) is 0.257. The Bertz CT molecular complexity index is 1950. The molecule has 2 N–H and O–H groups in total. The number of nitrogens with one attached hydrogen (secondary N) is 1. The Morgan fingerprint density at radius 2 is 1.59 bits per heavy atom. The van der Waals surface area contributed by atoms with Gasteiger partial charge in [-0.2, -0.15) is 4.31 Å². The molecule has 11 heteroatoms. The van der Waals surface area contributed by atoms with Crippen LogP contribution in [0.2, 0.25) is 0 Å². The number of ether oxygens (including phenoxy) is 2. The zero-order valence-corrected chi connectivity index (χ0v) is 24.7. The monoisotopic (exact) mass is 612 g/mol. The molecule has 0 aromatic heterocycles. The van der Waals surface area contributed by atoms with E-state index in [4.69, 9.17) is 9.47 Å². The average molecular weight is 613 g/mol. The van der Waals surface area contributed by atoms with E-state index >= 15 is 0 Å². The Morgan fingerprint density at radius 3 is 2.32 bits per heavy atom. The maximum Gasteiger partial charge on any atom is 0.330 e. The second-order valence-corrected chi connectivity index (χ2v) is 12.4. The van der Waals surface area contributed by atoms with Gasteiger partial charge in [-0.3, -0.25) is 9.59 Å². The van der Waals surface area contributed by atoms with Gasteiger partial charge in [0.05, 0.1) is 19.1 Å².